The van der Waals surface area contributed by atoms with Gasteiger partial charge in [0.1, 0.15) is 10.6 Å². The first-order valence-corrected chi connectivity index (χ1v) is 8.86. The Bertz CT molecular complexity index is 697. The van der Waals surface area contributed by atoms with Crippen molar-refractivity contribution < 1.29 is 9.53 Å². The van der Waals surface area contributed by atoms with Crippen molar-refractivity contribution in [3.63, 3.8) is 0 Å². The molecule has 2 aromatic rings. The van der Waals surface area contributed by atoms with Gasteiger partial charge in [0.25, 0.3) is 5.91 Å². The summed E-state index contributed by atoms with van der Waals surface area (Å²) >= 11 is 7.87. The number of benzene rings is 1. The van der Waals surface area contributed by atoms with E-state index < -0.39 is 0 Å². The molecule has 3 nitrogen and oxygen atoms in total. The Hall–Kier alpha value is -1.26. The number of hydrogen-bond acceptors (Lipinski definition) is 3. The highest BCUT2D eigenvalue weighted by Crippen LogP contribution is 2.37. The number of thiophene rings is 1. The second-order valence-corrected chi connectivity index (χ2v) is 7.38. The van der Waals surface area contributed by atoms with Crippen LogP contribution in [0, 0.1) is 5.92 Å². The van der Waals surface area contributed by atoms with Crippen LogP contribution in [0.2, 0.25) is 5.02 Å². The third kappa shape index (κ3) is 2.95. The number of methoxy groups -OCH3 is 1. The third-order valence-electron chi connectivity index (χ3n) is 4.47. The highest BCUT2D eigenvalue weighted by atomic mass is 35.5. The molecule has 1 aliphatic rings. The van der Waals surface area contributed by atoms with Crippen LogP contribution in [0.1, 0.15) is 42.3 Å². The maximum atomic E-state index is 12.6. The maximum absolute atomic E-state index is 12.6. The minimum atomic E-state index is -0.0519. The minimum Gasteiger partial charge on any atom is -0.497 e. The Morgan fingerprint density at radius 1 is 1.36 bits per heavy atom. The molecule has 118 valence electrons. The van der Waals surface area contributed by atoms with E-state index in [0.717, 1.165) is 22.3 Å². The topological polar surface area (TPSA) is 38.3 Å². The number of amides is 1. The van der Waals surface area contributed by atoms with Crippen molar-refractivity contribution in [2.24, 2.45) is 5.92 Å². The molecule has 1 amide bonds. The number of rotatable bonds is 3. The molecule has 0 aliphatic heterocycles. The largest absolute Gasteiger partial charge is 0.497 e. The molecular weight excluding hydrogens is 318 g/mol. The molecule has 1 N–H and O–H groups in total. The normalized spacial score (nSPS) is 21.8. The van der Waals surface area contributed by atoms with E-state index in [2.05, 4.69) is 12.2 Å². The number of nitrogens with one attached hydrogen (secondary N) is 1. The molecule has 2 atom stereocenters. The molecule has 0 radical (unpaired) electrons. The SMILES string of the molecule is COc1ccc2sc(C(=O)NC3CCCCC3C)c(Cl)c2c1. The van der Waals surface area contributed by atoms with Gasteiger partial charge in [-0.15, -0.1) is 11.3 Å². The zero-order valence-corrected chi connectivity index (χ0v) is 14.4. The highest BCUT2D eigenvalue weighted by Gasteiger charge is 2.25. The van der Waals surface area contributed by atoms with Crippen LogP contribution in [0.3, 0.4) is 0 Å². The van der Waals surface area contributed by atoms with Crippen LogP contribution in [-0.2, 0) is 0 Å². The van der Waals surface area contributed by atoms with E-state index in [9.17, 15) is 4.79 Å². The average Bonchev–Trinajstić information content (AvgIpc) is 2.86. The van der Waals surface area contributed by atoms with Crippen molar-refractivity contribution in [3.05, 3.63) is 28.1 Å². The molecule has 1 aromatic heterocycles. The fourth-order valence-electron chi connectivity index (χ4n) is 3.08. The van der Waals surface area contributed by atoms with Gasteiger partial charge in [-0.2, -0.15) is 0 Å². The van der Waals surface area contributed by atoms with E-state index in [0.29, 0.717) is 15.8 Å². The van der Waals surface area contributed by atoms with Gasteiger partial charge in [0.15, 0.2) is 0 Å². The summed E-state index contributed by atoms with van der Waals surface area (Å²) in [7, 11) is 1.62. The van der Waals surface area contributed by atoms with E-state index in [1.165, 1.54) is 30.6 Å². The van der Waals surface area contributed by atoms with Crippen molar-refractivity contribution in [3.8, 4) is 5.75 Å². The quantitative estimate of drug-likeness (QED) is 0.867. The standard InChI is InChI=1S/C17H20ClNO2S/c1-10-5-3-4-6-13(10)19-17(20)16-15(18)12-9-11(21-2)7-8-14(12)22-16/h7-10,13H,3-6H2,1-2H3,(H,19,20). The van der Waals surface area contributed by atoms with Gasteiger partial charge in [0.2, 0.25) is 0 Å². The lowest BCUT2D eigenvalue weighted by Gasteiger charge is -2.29. The fraction of sp³-hybridized carbons (Fsp3) is 0.471. The summed E-state index contributed by atoms with van der Waals surface area (Å²) in [4.78, 5) is 13.2. The Morgan fingerprint density at radius 2 is 2.14 bits per heavy atom. The van der Waals surface area contributed by atoms with Gasteiger partial charge in [-0.3, -0.25) is 4.79 Å². The molecular formula is C17H20ClNO2S. The molecule has 5 heteroatoms. The van der Waals surface area contributed by atoms with Crippen LogP contribution in [0.5, 0.6) is 5.75 Å². The Kier molecular flexibility index (Phi) is 4.59. The lowest BCUT2D eigenvalue weighted by Crippen LogP contribution is -2.40. The summed E-state index contributed by atoms with van der Waals surface area (Å²) < 4.78 is 6.24. The zero-order chi connectivity index (χ0) is 15.7. The van der Waals surface area contributed by atoms with E-state index >= 15 is 0 Å². The molecule has 0 saturated heterocycles. The molecule has 1 heterocycles. The molecule has 0 bridgehead atoms. The molecule has 3 rings (SSSR count). The highest BCUT2D eigenvalue weighted by molar-refractivity contribution is 7.21. The van der Waals surface area contributed by atoms with Crippen LogP contribution in [-0.4, -0.2) is 19.1 Å². The van der Waals surface area contributed by atoms with Gasteiger partial charge in [-0.05, 0) is 37.0 Å². The van der Waals surface area contributed by atoms with Crippen LogP contribution in [0.15, 0.2) is 18.2 Å². The average molecular weight is 338 g/mol. The maximum Gasteiger partial charge on any atom is 0.263 e. The number of ether oxygens (including phenoxy) is 1. The van der Waals surface area contributed by atoms with Crippen LogP contribution in [0.4, 0.5) is 0 Å². The first-order chi connectivity index (χ1) is 10.6. The summed E-state index contributed by atoms with van der Waals surface area (Å²) in [6, 6.07) is 5.98. The fourth-order valence-corrected chi connectivity index (χ4v) is 4.48. The van der Waals surface area contributed by atoms with Gasteiger partial charge in [-0.25, -0.2) is 0 Å². The number of fused-ring (bicyclic) bond motifs is 1. The van der Waals surface area contributed by atoms with Gasteiger partial charge in [0.05, 0.1) is 12.1 Å². The molecule has 1 fully saturated rings. The summed E-state index contributed by atoms with van der Waals surface area (Å²) in [6.45, 7) is 2.21. The molecule has 1 aromatic carbocycles. The molecule has 2 unspecified atom stereocenters. The lowest BCUT2D eigenvalue weighted by atomic mass is 9.86. The monoisotopic (exact) mass is 337 g/mol. The first-order valence-electron chi connectivity index (χ1n) is 7.67. The van der Waals surface area contributed by atoms with Crippen molar-refractivity contribution in [2.45, 2.75) is 38.6 Å². The predicted molar refractivity (Wildman–Crippen MR) is 92.3 cm³/mol. The Morgan fingerprint density at radius 3 is 2.86 bits per heavy atom. The smallest absolute Gasteiger partial charge is 0.263 e. The van der Waals surface area contributed by atoms with Gasteiger partial charge in [-0.1, -0.05) is 31.4 Å². The molecule has 22 heavy (non-hydrogen) atoms. The summed E-state index contributed by atoms with van der Waals surface area (Å²) in [5.41, 5.74) is 0. The number of carbonyl (C=O) groups is 1. The van der Waals surface area contributed by atoms with Crippen LogP contribution in [0.25, 0.3) is 10.1 Å². The summed E-state index contributed by atoms with van der Waals surface area (Å²) in [6.07, 6.45) is 4.69. The molecule has 0 spiro atoms. The first kappa shape index (κ1) is 15.6. The Labute approximate surface area is 139 Å². The van der Waals surface area contributed by atoms with Crippen LogP contribution < -0.4 is 10.1 Å². The number of halogens is 1. The van der Waals surface area contributed by atoms with Crippen molar-refractivity contribution in [2.75, 3.05) is 7.11 Å². The van der Waals surface area contributed by atoms with E-state index in [1.807, 2.05) is 18.2 Å². The second kappa shape index (κ2) is 6.47. The van der Waals surface area contributed by atoms with E-state index in [1.54, 1.807) is 7.11 Å². The Balaban J connectivity index is 1.86. The van der Waals surface area contributed by atoms with E-state index in [4.69, 9.17) is 16.3 Å². The number of hydrogen-bond donors (Lipinski definition) is 1. The summed E-state index contributed by atoms with van der Waals surface area (Å²) in [5.74, 6) is 1.23. The van der Waals surface area contributed by atoms with Crippen molar-refractivity contribution in [1.82, 2.24) is 5.32 Å². The predicted octanol–water partition coefficient (Wildman–Crippen LogP) is 4.87. The van der Waals surface area contributed by atoms with Gasteiger partial charge >= 0.3 is 0 Å². The van der Waals surface area contributed by atoms with Gasteiger partial charge in [0, 0.05) is 16.1 Å². The lowest BCUT2D eigenvalue weighted by molar-refractivity contribution is 0.0914. The molecule has 1 aliphatic carbocycles. The van der Waals surface area contributed by atoms with Crippen LogP contribution >= 0.6 is 22.9 Å². The number of carbonyl (C=O) groups excluding carboxylic acids is 1. The van der Waals surface area contributed by atoms with Crippen molar-refractivity contribution in [1.29, 1.82) is 0 Å². The third-order valence-corrected chi connectivity index (χ3v) is 6.14. The molecule has 1 saturated carbocycles. The summed E-state index contributed by atoms with van der Waals surface area (Å²) in [5, 5.41) is 4.58. The zero-order valence-electron chi connectivity index (χ0n) is 12.8. The minimum absolute atomic E-state index is 0.0519. The van der Waals surface area contributed by atoms with Gasteiger partial charge < -0.3 is 10.1 Å². The van der Waals surface area contributed by atoms with E-state index in [-0.39, 0.29) is 11.9 Å². The second-order valence-electron chi connectivity index (χ2n) is 5.95. The van der Waals surface area contributed by atoms with Crippen molar-refractivity contribution >= 4 is 38.9 Å².